The first-order valence-electron chi connectivity index (χ1n) is 25.1. The number of hydrogen-bond acceptors (Lipinski definition) is 14. The van der Waals surface area contributed by atoms with Gasteiger partial charge in [0.05, 0.1) is 6.33 Å². The van der Waals surface area contributed by atoms with Crippen molar-refractivity contribution in [2.24, 2.45) is 28.1 Å². The maximum Gasteiger partial charge on any atom is 0.325 e. The fraction of sp³-hybridized carbons (Fsp3) is 0.440. The monoisotopic (exact) mass is 1120 g/mol. The minimum absolute atomic E-state index is 0.0470. The zero-order chi connectivity index (χ0) is 57.1. The summed E-state index contributed by atoms with van der Waals surface area (Å²) in [4.78, 5) is 150. The Labute approximate surface area is 460 Å². The zero-order valence-electron chi connectivity index (χ0n) is 43.2. The van der Waals surface area contributed by atoms with E-state index in [9.17, 15) is 47.9 Å². The number of nitrogens with zero attached hydrogens (tertiary/aromatic N) is 3. The van der Waals surface area contributed by atoms with E-state index in [4.69, 9.17) is 17.2 Å². The van der Waals surface area contributed by atoms with Crippen molar-refractivity contribution >= 4 is 101 Å². The first-order valence-corrected chi connectivity index (χ1v) is 26.4. The number of nitrogens with two attached hydrogens (primary N) is 3. The summed E-state index contributed by atoms with van der Waals surface area (Å²) < 4.78 is 0. The van der Waals surface area contributed by atoms with Gasteiger partial charge in [-0.25, -0.2) is 9.78 Å². The molecule has 1 aliphatic rings. The van der Waals surface area contributed by atoms with E-state index in [0.717, 1.165) is 15.8 Å². The molecule has 0 spiro atoms. The lowest BCUT2D eigenvalue weighted by molar-refractivity contribution is -0.135. The maximum atomic E-state index is 14.6. The third kappa shape index (κ3) is 17.4. The van der Waals surface area contributed by atoms with Crippen molar-refractivity contribution < 1.29 is 47.9 Å². The van der Waals surface area contributed by atoms with E-state index >= 15 is 0 Å². The number of primary amides is 1. The van der Waals surface area contributed by atoms with Crippen LogP contribution in [-0.4, -0.2) is 158 Å². The number of benzene rings is 2. The molecule has 420 valence electrons. The standard InChI is InChI=1S/C50H68N16O10S2/c1-4-26(2)40-48(75)66(50(76)65-40)22-39(67)59-38(24-78)47(74)58-27(3)42(69)61-36(19-30-21-54-25-57-30)46(73)62-34(17-28-11-6-5-7-12-28)44(71)60-33(15-10-16-55-49(52)53)43(70)63-35(45(72)64-37(23-77)41(51)68)18-29-20-56-32-14-9-8-13-31(29)32/h5-9,11-14,20-21,25-27,33-38,40,56,77-78H,4,10,15-19,22-24H2,1-3H3,(H2,51,68)(H,54,57)(H,58,74)(H,59,67)(H,60,71)(H,61,69)(H,62,73)(H,63,70)(H,64,72)(H,65,76)(H4,52,53,55)/t26-,27+,33-,34+,35-,36-,37-,38-,40-/m0/s1. The Hall–Kier alpha value is -8.14. The smallest absolute Gasteiger partial charge is 0.325 e. The van der Waals surface area contributed by atoms with Crippen LogP contribution in [0.4, 0.5) is 4.79 Å². The Kier molecular flexibility index (Phi) is 22.9. The van der Waals surface area contributed by atoms with Crippen molar-refractivity contribution in [3.63, 3.8) is 0 Å². The Morgan fingerprint density at radius 2 is 1.27 bits per heavy atom. The van der Waals surface area contributed by atoms with Crippen molar-refractivity contribution in [3.05, 3.63) is 90.1 Å². The summed E-state index contributed by atoms with van der Waals surface area (Å²) in [6.45, 7) is 4.34. The summed E-state index contributed by atoms with van der Waals surface area (Å²) >= 11 is 8.33. The third-order valence-corrected chi connectivity index (χ3v) is 13.6. The number of thiol groups is 2. The quantitative estimate of drug-likeness (QED) is 0.00860. The van der Waals surface area contributed by atoms with Crippen LogP contribution in [0.25, 0.3) is 10.9 Å². The second-order valence-corrected chi connectivity index (χ2v) is 19.4. The Morgan fingerprint density at radius 3 is 1.88 bits per heavy atom. The highest BCUT2D eigenvalue weighted by Gasteiger charge is 2.42. The molecule has 78 heavy (non-hydrogen) atoms. The largest absolute Gasteiger partial charge is 0.370 e. The number of amides is 11. The third-order valence-electron chi connectivity index (χ3n) is 12.8. The van der Waals surface area contributed by atoms with Crippen molar-refractivity contribution in [1.29, 1.82) is 0 Å². The second-order valence-electron chi connectivity index (χ2n) is 18.6. The van der Waals surface area contributed by atoms with Gasteiger partial charge in [-0.1, -0.05) is 68.8 Å². The lowest BCUT2D eigenvalue weighted by Crippen LogP contribution is -2.60. The molecule has 5 rings (SSSR count). The number of imide groups is 1. The zero-order valence-corrected chi connectivity index (χ0v) is 45.0. The molecule has 0 saturated carbocycles. The van der Waals surface area contributed by atoms with Crippen LogP contribution in [0, 0.1) is 5.92 Å². The molecule has 26 nitrogen and oxygen atoms in total. The van der Waals surface area contributed by atoms with Crippen LogP contribution in [0.5, 0.6) is 0 Å². The maximum absolute atomic E-state index is 14.6. The van der Waals surface area contributed by atoms with E-state index in [-0.39, 0.29) is 62.0 Å². The minimum atomic E-state index is -1.42. The molecular weight excluding hydrogens is 1050 g/mol. The predicted molar refractivity (Wildman–Crippen MR) is 294 cm³/mol. The molecule has 2 aromatic heterocycles. The fourth-order valence-corrected chi connectivity index (χ4v) is 8.78. The number of urea groups is 1. The molecule has 0 bridgehead atoms. The summed E-state index contributed by atoms with van der Waals surface area (Å²) in [6, 6.07) is 4.97. The van der Waals surface area contributed by atoms with Crippen LogP contribution in [0.15, 0.2) is 78.3 Å². The average Bonchev–Trinajstić information content (AvgIpc) is 4.17. The van der Waals surface area contributed by atoms with E-state index in [1.54, 1.807) is 49.5 Å². The number of nitrogens with one attached hydrogen (secondary N) is 10. The number of rotatable bonds is 30. The highest BCUT2D eigenvalue weighted by atomic mass is 32.1. The Bertz CT molecular complexity index is 2790. The number of H-pyrrole nitrogens is 2. The molecule has 9 atom stereocenters. The molecule has 3 heterocycles. The molecular formula is C50H68N16O10S2. The number of aliphatic imine (C=N–C) groups is 1. The van der Waals surface area contributed by atoms with E-state index in [1.165, 1.54) is 19.4 Å². The van der Waals surface area contributed by atoms with Gasteiger partial charge in [0.1, 0.15) is 54.9 Å². The van der Waals surface area contributed by atoms with Gasteiger partial charge in [-0.3, -0.25) is 53.0 Å². The van der Waals surface area contributed by atoms with Crippen molar-refractivity contribution in [1.82, 2.24) is 62.4 Å². The average molecular weight is 1120 g/mol. The summed E-state index contributed by atoms with van der Waals surface area (Å²) in [5.41, 5.74) is 19.0. The molecule has 2 aromatic carbocycles. The molecule has 0 unspecified atom stereocenters. The van der Waals surface area contributed by atoms with Gasteiger partial charge in [-0.15, -0.1) is 0 Å². The van der Waals surface area contributed by atoms with Crippen LogP contribution in [0.3, 0.4) is 0 Å². The topological polar surface area (TPSA) is 405 Å². The van der Waals surface area contributed by atoms with Gasteiger partial charge in [-0.05, 0) is 42.9 Å². The molecule has 0 radical (unpaired) electrons. The summed E-state index contributed by atoms with van der Waals surface area (Å²) in [5.74, 6) is -8.05. The number of carbonyl (C=O) groups excluding carboxylic acids is 10. The number of imidazole rings is 1. The molecule has 1 saturated heterocycles. The van der Waals surface area contributed by atoms with Gasteiger partial charge in [0.25, 0.3) is 5.91 Å². The van der Waals surface area contributed by atoms with Crippen molar-refractivity contribution in [3.8, 4) is 0 Å². The molecule has 0 aliphatic carbocycles. The number of fused-ring (bicyclic) bond motifs is 1. The van der Waals surface area contributed by atoms with Gasteiger partial charge >= 0.3 is 6.03 Å². The first-order chi connectivity index (χ1) is 37.2. The van der Waals surface area contributed by atoms with E-state index in [0.29, 0.717) is 23.2 Å². The highest BCUT2D eigenvalue weighted by Crippen LogP contribution is 2.20. The van der Waals surface area contributed by atoms with Gasteiger partial charge in [-0.2, -0.15) is 25.3 Å². The van der Waals surface area contributed by atoms with Crippen LogP contribution >= 0.6 is 25.3 Å². The number of carbonyl (C=O) groups is 10. The second kappa shape index (κ2) is 29.4. The van der Waals surface area contributed by atoms with Crippen molar-refractivity contribution in [2.45, 2.75) is 108 Å². The summed E-state index contributed by atoms with van der Waals surface area (Å²) in [7, 11) is 0. The van der Waals surface area contributed by atoms with Crippen LogP contribution in [0.2, 0.25) is 0 Å². The molecule has 16 N–H and O–H groups in total. The molecule has 4 aromatic rings. The van der Waals surface area contributed by atoms with E-state index in [1.807, 2.05) is 25.1 Å². The molecule has 1 aliphatic heterocycles. The first kappa shape index (κ1) is 60.7. The summed E-state index contributed by atoms with van der Waals surface area (Å²) in [5, 5.41) is 21.6. The Balaban J connectivity index is 1.35. The number of para-hydroxylation sites is 1. The Morgan fingerprint density at radius 1 is 0.692 bits per heavy atom. The number of aromatic nitrogens is 3. The molecule has 1 fully saturated rings. The predicted octanol–water partition coefficient (Wildman–Crippen LogP) is -2.30. The van der Waals surface area contributed by atoms with Crippen LogP contribution in [0.1, 0.15) is 56.9 Å². The van der Waals surface area contributed by atoms with Crippen LogP contribution in [-0.2, 0) is 62.4 Å². The molecule has 11 amide bonds. The normalized spacial score (nSPS) is 16.2. The lowest BCUT2D eigenvalue weighted by atomic mass is 9.99. The fourth-order valence-electron chi connectivity index (χ4n) is 8.25. The van der Waals surface area contributed by atoms with Gasteiger partial charge in [0, 0.05) is 66.3 Å². The summed E-state index contributed by atoms with van der Waals surface area (Å²) in [6.07, 6.45) is 4.75. The van der Waals surface area contributed by atoms with E-state index < -0.39 is 114 Å². The number of guanidine groups is 1. The molecule has 28 heteroatoms. The van der Waals surface area contributed by atoms with Crippen molar-refractivity contribution in [2.75, 3.05) is 24.6 Å². The van der Waals surface area contributed by atoms with Gasteiger partial charge in [0.2, 0.25) is 47.3 Å². The number of aromatic amines is 2. The SMILES string of the molecule is CC[C@H](C)[C@@H]1NC(=O)N(CC(=O)N[C@@H](CS)C(=O)N[C@H](C)C(=O)N[C@@H](Cc2cnc[nH]2)C(=O)N[C@H](Cc2ccccc2)C(=O)N[C@@H](CCCN=C(N)N)C(=O)N[C@@H](Cc2c[nH]c3ccccc23)C(=O)N[C@@H](CS)C(N)=O)C1=O. The van der Waals surface area contributed by atoms with Crippen LogP contribution < -0.4 is 59.7 Å². The van der Waals surface area contributed by atoms with Gasteiger partial charge in [0.15, 0.2) is 5.96 Å². The number of hydrogen-bond donors (Lipinski definition) is 15. The van der Waals surface area contributed by atoms with E-state index in [2.05, 4.69) is 87.7 Å². The van der Waals surface area contributed by atoms with Gasteiger partial charge < -0.3 is 69.7 Å². The lowest BCUT2D eigenvalue weighted by Gasteiger charge is -2.27. The minimum Gasteiger partial charge on any atom is -0.370 e. The highest BCUT2D eigenvalue weighted by molar-refractivity contribution is 7.80.